The van der Waals surface area contributed by atoms with Crippen LogP contribution in [-0.2, 0) is 4.79 Å². The fourth-order valence-electron chi connectivity index (χ4n) is 2.01. The topological polar surface area (TPSA) is 40.9 Å². The van der Waals surface area contributed by atoms with Gasteiger partial charge in [-0.25, -0.2) is 0 Å². The fourth-order valence-corrected chi connectivity index (χ4v) is 2.01. The molecule has 2 nitrogen and oxygen atoms in total. The maximum Gasteiger partial charge on any atom is 0.157 e. The van der Waals surface area contributed by atoms with Crippen molar-refractivity contribution >= 4 is 5.78 Å². The van der Waals surface area contributed by atoms with E-state index in [1.54, 1.807) is 0 Å². The molecule has 1 fully saturated rings. The molecule has 0 aliphatic heterocycles. The molecule has 1 aliphatic rings. The molecule has 2 unspecified atom stereocenters. The SMILES string of the molecule is N#CC1CCC(c2ccccc2)C1=O. The molecule has 0 radical (unpaired) electrons. The Balaban J connectivity index is 2.24. The highest BCUT2D eigenvalue weighted by atomic mass is 16.1. The number of ketones is 1. The van der Waals surface area contributed by atoms with Gasteiger partial charge in [-0.05, 0) is 18.4 Å². The lowest BCUT2D eigenvalue weighted by molar-refractivity contribution is -0.120. The van der Waals surface area contributed by atoms with Crippen molar-refractivity contribution in [1.82, 2.24) is 0 Å². The van der Waals surface area contributed by atoms with Gasteiger partial charge in [0.15, 0.2) is 5.78 Å². The van der Waals surface area contributed by atoms with Crippen molar-refractivity contribution < 1.29 is 4.79 Å². The summed E-state index contributed by atoms with van der Waals surface area (Å²) in [6.07, 6.45) is 1.54. The van der Waals surface area contributed by atoms with E-state index in [0.717, 1.165) is 18.4 Å². The lowest BCUT2D eigenvalue weighted by atomic mass is 9.95. The Bertz CT molecular complexity index is 377. The first kappa shape index (κ1) is 8.96. The van der Waals surface area contributed by atoms with E-state index >= 15 is 0 Å². The zero-order valence-electron chi connectivity index (χ0n) is 7.81. The lowest BCUT2D eigenvalue weighted by Crippen LogP contribution is -2.10. The Morgan fingerprint density at radius 1 is 1.21 bits per heavy atom. The Morgan fingerprint density at radius 2 is 1.93 bits per heavy atom. The minimum Gasteiger partial charge on any atom is -0.298 e. The third-order valence-corrected chi connectivity index (χ3v) is 2.79. The van der Waals surface area contributed by atoms with Crippen molar-refractivity contribution in [3.8, 4) is 6.07 Å². The van der Waals surface area contributed by atoms with Crippen molar-refractivity contribution in [2.45, 2.75) is 18.8 Å². The fraction of sp³-hybridized carbons (Fsp3) is 0.333. The van der Waals surface area contributed by atoms with Gasteiger partial charge in [0, 0.05) is 5.92 Å². The second-order valence-electron chi connectivity index (χ2n) is 3.62. The van der Waals surface area contributed by atoms with Crippen molar-refractivity contribution in [1.29, 1.82) is 5.26 Å². The van der Waals surface area contributed by atoms with E-state index in [4.69, 9.17) is 5.26 Å². The molecule has 14 heavy (non-hydrogen) atoms. The maximum atomic E-state index is 11.7. The number of hydrogen-bond donors (Lipinski definition) is 0. The Hall–Kier alpha value is -1.62. The molecular weight excluding hydrogens is 174 g/mol. The molecule has 1 aromatic rings. The van der Waals surface area contributed by atoms with Crippen LogP contribution in [0.3, 0.4) is 0 Å². The van der Waals surface area contributed by atoms with Crippen LogP contribution < -0.4 is 0 Å². The standard InChI is InChI=1S/C12H11NO/c13-8-10-6-7-11(12(10)14)9-4-2-1-3-5-9/h1-5,10-11H,6-7H2. The number of Topliss-reactive ketones (excluding diaryl/α,β-unsaturated/α-hetero) is 1. The minimum absolute atomic E-state index is 0.0409. The van der Waals surface area contributed by atoms with E-state index in [-0.39, 0.29) is 17.6 Å². The molecule has 2 rings (SSSR count). The highest BCUT2D eigenvalue weighted by Crippen LogP contribution is 2.34. The molecule has 2 heteroatoms. The van der Waals surface area contributed by atoms with Crippen LogP contribution in [-0.4, -0.2) is 5.78 Å². The summed E-state index contributed by atoms with van der Waals surface area (Å²) in [4.78, 5) is 11.7. The first-order chi connectivity index (χ1) is 6.83. The molecule has 1 saturated carbocycles. The van der Waals surface area contributed by atoms with Crippen LogP contribution in [0.1, 0.15) is 24.3 Å². The van der Waals surface area contributed by atoms with Gasteiger partial charge in [-0.1, -0.05) is 30.3 Å². The summed E-state index contributed by atoms with van der Waals surface area (Å²) in [5.74, 6) is -0.320. The third kappa shape index (κ3) is 1.42. The predicted octanol–water partition coefficient (Wildman–Crippen LogP) is 2.27. The summed E-state index contributed by atoms with van der Waals surface area (Å²) in [6.45, 7) is 0. The number of nitriles is 1. The van der Waals surface area contributed by atoms with E-state index in [1.165, 1.54) is 0 Å². The number of hydrogen-bond acceptors (Lipinski definition) is 2. The average Bonchev–Trinajstić information content (AvgIpc) is 2.61. The largest absolute Gasteiger partial charge is 0.298 e. The molecular formula is C12H11NO. The van der Waals surface area contributed by atoms with Crippen LogP contribution >= 0.6 is 0 Å². The summed E-state index contributed by atoms with van der Waals surface area (Å²) in [5, 5.41) is 8.73. The molecule has 0 heterocycles. The summed E-state index contributed by atoms with van der Waals surface area (Å²) in [5.41, 5.74) is 1.05. The van der Waals surface area contributed by atoms with Crippen LogP contribution in [0.5, 0.6) is 0 Å². The van der Waals surface area contributed by atoms with Crippen molar-refractivity contribution in [3.63, 3.8) is 0 Å². The van der Waals surface area contributed by atoms with Gasteiger partial charge in [-0.3, -0.25) is 4.79 Å². The number of nitrogens with zero attached hydrogens (tertiary/aromatic N) is 1. The normalized spacial score (nSPS) is 26.1. The van der Waals surface area contributed by atoms with Gasteiger partial charge >= 0.3 is 0 Å². The summed E-state index contributed by atoms with van der Waals surface area (Å²) in [7, 11) is 0. The number of carbonyl (C=O) groups excluding carboxylic acids is 1. The zero-order valence-corrected chi connectivity index (χ0v) is 7.81. The third-order valence-electron chi connectivity index (χ3n) is 2.79. The predicted molar refractivity (Wildman–Crippen MR) is 52.5 cm³/mol. The molecule has 0 N–H and O–H groups in total. The van der Waals surface area contributed by atoms with E-state index in [0.29, 0.717) is 0 Å². The molecule has 2 atom stereocenters. The molecule has 0 amide bonds. The van der Waals surface area contributed by atoms with Crippen molar-refractivity contribution in [3.05, 3.63) is 35.9 Å². The lowest BCUT2D eigenvalue weighted by Gasteiger charge is -2.07. The van der Waals surface area contributed by atoms with Crippen LogP contribution in [0.25, 0.3) is 0 Å². The Kier molecular flexibility index (Phi) is 2.32. The molecule has 0 bridgehead atoms. The number of benzene rings is 1. The van der Waals surface area contributed by atoms with Crippen LogP contribution in [0, 0.1) is 17.2 Å². The van der Waals surface area contributed by atoms with Gasteiger partial charge in [-0.2, -0.15) is 5.26 Å². The summed E-state index contributed by atoms with van der Waals surface area (Å²) >= 11 is 0. The zero-order chi connectivity index (χ0) is 9.97. The highest BCUT2D eigenvalue weighted by molar-refractivity contribution is 5.91. The Morgan fingerprint density at radius 3 is 2.50 bits per heavy atom. The second-order valence-corrected chi connectivity index (χ2v) is 3.62. The minimum atomic E-state index is -0.375. The van der Waals surface area contributed by atoms with Gasteiger partial charge in [0.25, 0.3) is 0 Å². The Labute approximate surface area is 83.2 Å². The van der Waals surface area contributed by atoms with Crippen LogP contribution in [0.15, 0.2) is 30.3 Å². The first-order valence-electron chi connectivity index (χ1n) is 4.81. The number of carbonyl (C=O) groups is 1. The first-order valence-corrected chi connectivity index (χ1v) is 4.81. The van der Waals surface area contributed by atoms with Gasteiger partial charge in [0.2, 0.25) is 0 Å². The van der Waals surface area contributed by atoms with Crippen LogP contribution in [0.2, 0.25) is 0 Å². The summed E-state index contributed by atoms with van der Waals surface area (Å²) in [6, 6.07) is 11.8. The molecule has 1 aromatic carbocycles. The molecule has 0 aromatic heterocycles. The monoisotopic (exact) mass is 185 g/mol. The van der Waals surface area contributed by atoms with Gasteiger partial charge in [0.05, 0.1) is 6.07 Å². The van der Waals surface area contributed by atoms with E-state index in [2.05, 4.69) is 6.07 Å². The molecule has 70 valence electrons. The second kappa shape index (κ2) is 3.63. The quantitative estimate of drug-likeness (QED) is 0.673. The highest BCUT2D eigenvalue weighted by Gasteiger charge is 2.34. The van der Waals surface area contributed by atoms with Crippen molar-refractivity contribution in [2.75, 3.05) is 0 Å². The average molecular weight is 185 g/mol. The van der Waals surface area contributed by atoms with Crippen LogP contribution in [0.4, 0.5) is 0 Å². The van der Waals surface area contributed by atoms with Crippen molar-refractivity contribution in [2.24, 2.45) is 5.92 Å². The van der Waals surface area contributed by atoms with E-state index in [1.807, 2.05) is 30.3 Å². The number of rotatable bonds is 1. The smallest absolute Gasteiger partial charge is 0.157 e. The summed E-state index contributed by atoms with van der Waals surface area (Å²) < 4.78 is 0. The van der Waals surface area contributed by atoms with E-state index in [9.17, 15) is 4.79 Å². The maximum absolute atomic E-state index is 11.7. The van der Waals surface area contributed by atoms with Gasteiger partial charge in [-0.15, -0.1) is 0 Å². The van der Waals surface area contributed by atoms with Gasteiger partial charge in [0.1, 0.15) is 5.92 Å². The molecule has 0 spiro atoms. The van der Waals surface area contributed by atoms with E-state index < -0.39 is 0 Å². The molecule has 0 saturated heterocycles. The van der Waals surface area contributed by atoms with Gasteiger partial charge < -0.3 is 0 Å². The molecule has 1 aliphatic carbocycles.